The lowest BCUT2D eigenvalue weighted by Gasteiger charge is -2.15. The second kappa shape index (κ2) is 2.93. The van der Waals surface area contributed by atoms with Crippen LogP contribution in [0.4, 0.5) is 5.69 Å². The fourth-order valence-electron chi connectivity index (χ4n) is 1.22. The van der Waals surface area contributed by atoms with Crippen LogP contribution in [0, 0.1) is 0 Å². The topological polar surface area (TPSA) is 33.2 Å². The molecule has 0 radical (unpaired) electrons. The van der Waals surface area contributed by atoms with Gasteiger partial charge in [-0.1, -0.05) is 0 Å². The minimum Gasteiger partial charge on any atom is -0.310 e. The number of hydrogen-bond acceptors (Lipinski definition) is 2. The van der Waals surface area contributed by atoms with Crippen molar-refractivity contribution in [1.29, 1.82) is 0 Å². The summed E-state index contributed by atoms with van der Waals surface area (Å²) in [5.74, 6) is 0. The van der Waals surface area contributed by atoms with Crippen molar-refractivity contribution in [3.05, 3.63) is 24.5 Å². The Morgan fingerprint density at radius 3 is 2.92 bits per heavy atom. The molecule has 1 aliphatic rings. The van der Waals surface area contributed by atoms with Crippen LogP contribution in [0.25, 0.3) is 0 Å². The van der Waals surface area contributed by atoms with E-state index in [9.17, 15) is 4.79 Å². The van der Waals surface area contributed by atoms with Gasteiger partial charge in [0, 0.05) is 12.2 Å². The third-order valence-corrected chi connectivity index (χ3v) is 2.00. The van der Waals surface area contributed by atoms with Gasteiger partial charge >= 0.3 is 0 Å². The Morgan fingerprint density at radius 1 is 1.58 bits per heavy atom. The van der Waals surface area contributed by atoms with Gasteiger partial charge in [-0.3, -0.25) is 9.78 Å². The Labute approximate surface area is 71.0 Å². The first-order chi connectivity index (χ1) is 5.92. The predicted molar refractivity (Wildman–Crippen MR) is 45.8 cm³/mol. The van der Waals surface area contributed by atoms with Crippen molar-refractivity contribution >= 4 is 12.1 Å². The number of rotatable bonds is 3. The Kier molecular flexibility index (Phi) is 1.78. The summed E-state index contributed by atoms with van der Waals surface area (Å²) in [6.45, 7) is 0. The van der Waals surface area contributed by atoms with Crippen molar-refractivity contribution in [3.8, 4) is 0 Å². The monoisotopic (exact) mass is 162 g/mol. The number of amides is 1. The summed E-state index contributed by atoms with van der Waals surface area (Å²) in [5, 5.41) is 0. The Balaban J connectivity index is 2.21. The molecule has 3 nitrogen and oxygen atoms in total. The van der Waals surface area contributed by atoms with Gasteiger partial charge in [0.2, 0.25) is 6.41 Å². The van der Waals surface area contributed by atoms with E-state index in [1.165, 1.54) is 0 Å². The molecule has 0 saturated heterocycles. The molecular formula is C9H10N2O. The van der Waals surface area contributed by atoms with Crippen molar-refractivity contribution < 1.29 is 4.79 Å². The quantitative estimate of drug-likeness (QED) is 0.626. The smallest absolute Gasteiger partial charge is 0.214 e. The lowest BCUT2D eigenvalue weighted by atomic mass is 10.4. The van der Waals surface area contributed by atoms with Gasteiger partial charge in [0.1, 0.15) is 0 Å². The van der Waals surface area contributed by atoms with Gasteiger partial charge in [-0.05, 0) is 25.0 Å². The summed E-state index contributed by atoms with van der Waals surface area (Å²) in [5.41, 5.74) is 0.898. The SMILES string of the molecule is O=CN(c1cccnc1)C1CC1. The molecule has 1 fully saturated rings. The van der Waals surface area contributed by atoms with Crippen molar-refractivity contribution in [3.63, 3.8) is 0 Å². The van der Waals surface area contributed by atoms with E-state index in [-0.39, 0.29) is 0 Å². The minimum absolute atomic E-state index is 0.423. The second-order valence-corrected chi connectivity index (χ2v) is 2.96. The number of carbonyl (C=O) groups excluding carboxylic acids is 1. The van der Waals surface area contributed by atoms with Gasteiger partial charge in [-0.2, -0.15) is 0 Å². The summed E-state index contributed by atoms with van der Waals surface area (Å²) >= 11 is 0. The average Bonchev–Trinajstić information content (AvgIpc) is 2.92. The van der Waals surface area contributed by atoms with Crippen LogP contribution in [0.1, 0.15) is 12.8 Å². The van der Waals surface area contributed by atoms with Crippen LogP contribution in [-0.4, -0.2) is 17.4 Å². The van der Waals surface area contributed by atoms with E-state index in [0.717, 1.165) is 24.9 Å². The molecule has 3 heteroatoms. The molecule has 1 saturated carbocycles. The molecule has 0 spiro atoms. The van der Waals surface area contributed by atoms with Crippen LogP contribution in [0.3, 0.4) is 0 Å². The Morgan fingerprint density at radius 2 is 2.42 bits per heavy atom. The molecule has 1 amide bonds. The van der Waals surface area contributed by atoms with Gasteiger partial charge in [0.05, 0.1) is 11.9 Å². The maximum atomic E-state index is 10.7. The van der Waals surface area contributed by atoms with Crippen LogP contribution in [0.15, 0.2) is 24.5 Å². The first-order valence-corrected chi connectivity index (χ1v) is 4.05. The maximum absolute atomic E-state index is 10.7. The number of anilines is 1. The average molecular weight is 162 g/mol. The highest BCUT2D eigenvalue weighted by Gasteiger charge is 2.28. The van der Waals surface area contributed by atoms with E-state index in [1.54, 1.807) is 17.3 Å². The molecular weight excluding hydrogens is 152 g/mol. The standard InChI is InChI=1S/C9H10N2O/c12-7-11(8-3-4-8)9-2-1-5-10-6-9/h1-2,5-8H,3-4H2. The van der Waals surface area contributed by atoms with Gasteiger partial charge in [-0.15, -0.1) is 0 Å². The summed E-state index contributed by atoms with van der Waals surface area (Å²) in [6.07, 6.45) is 6.54. The lowest BCUT2D eigenvalue weighted by Crippen LogP contribution is -2.23. The molecule has 1 aliphatic carbocycles. The number of nitrogens with zero attached hydrogens (tertiary/aromatic N) is 2. The number of carbonyl (C=O) groups is 1. The minimum atomic E-state index is 0.423. The Hall–Kier alpha value is -1.38. The maximum Gasteiger partial charge on any atom is 0.214 e. The van der Waals surface area contributed by atoms with Crippen molar-refractivity contribution in [2.75, 3.05) is 4.90 Å². The van der Waals surface area contributed by atoms with Crippen LogP contribution in [-0.2, 0) is 4.79 Å². The van der Waals surface area contributed by atoms with E-state index in [2.05, 4.69) is 4.98 Å². The molecule has 0 N–H and O–H groups in total. The molecule has 0 atom stereocenters. The van der Waals surface area contributed by atoms with E-state index in [0.29, 0.717) is 6.04 Å². The van der Waals surface area contributed by atoms with Gasteiger partial charge < -0.3 is 4.90 Å². The van der Waals surface area contributed by atoms with Crippen molar-refractivity contribution in [1.82, 2.24) is 4.98 Å². The molecule has 0 aliphatic heterocycles. The third kappa shape index (κ3) is 1.30. The summed E-state index contributed by atoms with van der Waals surface area (Å²) < 4.78 is 0. The number of pyridine rings is 1. The third-order valence-electron chi connectivity index (χ3n) is 2.00. The van der Waals surface area contributed by atoms with Crippen LogP contribution in [0.2, 0.25) is 0 Å². The van der Waals surface area contributed by atoms with Gasteiger partial charge in [-0.25, -0.2) is 0 Å². The zero-order chi connectivity index (χ0) is 8.39. The predicted octanol–water partition coefficient (Wildman–Crippen LogP) is 1.21. The van der Waals surface area contributed by atoms with Gasteiger partial charge in [0.15, 0.2) is 0 Å². The lowest BCUT2D eigenvalue weighted by molar-refractivity contribution is -0.107. The molecule has 2 rings (SSSR count). The second-order valence-electron chi connectivity index (χ2n) is 2.96. The van der Waals surface area contributed by atoms with E-state index in [4.69, 9.17) is 0 Å². The molecule has 0 unspecified atom stereocenters. The summed E-state index contributed by atoms with van der Waals surface area (Å²) in [4.78, 5) is 16.4. The van der Waals surface area contributed by atoms with E-state index >= 15 is 0 Å². The number of hydrogen-bond donors (Lipinski definition) is 0. The van der Waals surface area contributed by atoms with Crippen LogP contribution < -0.4 is 4.90 Å². The van der Waals surface area contributed by atoms with E-state index < -0.39 is 0 Å². The highest BCUT2D eigenvalue weighted by molar-refractivity contribution is 5.76. The molecule has 0 bridgehead atoms. The van der Waals surface area contributed by atoms with Crippen LogP contribution in [0.5, 0.6) is 0 Å². The van der Waals surface area contributed by atoms with Crippen molar-refractivity contribution in [2.24, 2.45) is 0 Å². The van der Waals surface area contributed by atoms with Gasteiger partial charge in [0.25, 0.3) is 0 Å². The van der Waals surface area contributed by atoms with Crippen LogP contribution >= 0.6 is 0 Å². The first-order valence-electron chi connectivity index (χ1n) is 4.05. The van der Waals surface area contributed by atoms with Crippen molar-refractivity contribution in [2.45, 2.75) is 18.9 Å². The molecule has 12 heavy (non-hydrogen) atoms. The fraction of sp³-hybridized carbons (Fsp3) is 0.333. The Bertz CT molecular complexity index is 269. The molecule has 1 heterocycles. The first kappa shape index (κ1) is 7.28. The fourth-order valence-corrected chi connectivity index (χ4v) is 1.22. The highest BCUT2D eigenvalue weighted by Crippen LogP contribution is 2.29. The zero-order valence-electron chi connectivity index (χ0n) is 6.68. The summed E-state index contributed by atoms with van der Waals surface area (Å²) in [6, 6.07) is 4.17. The molecule has 62 valence electrons. The molecule has 1 aromatic heterocycles. The highest BCUT2D eigenvalue weighted by atomic mass is 16.1. The molecule has 0 aromatic carbocycles. The molecule has 1 aromatic rings. The zero-order valence-corrected chi connectivity index (χ0v) is 6.68. The summed E-state index contributed by atoms with van der Waals surface area (Å²) in [7, 11) is 0. The van der Waals surface area contributed by atoms with E-state index in [1.807, 2.05) is 12.1 Å². The normalized spacial score (nSPS) is 15.7. The largest absolute Gasteiger partial charge is 0.310 e. The number of aromatic nitrogens is 1.